The van der Waals surface area contributed by atoms with E-state index in [1.807, 2.05) is 19.1 Å². The quantitative estimate of drug-likeness (QED) is 0.678. The molecule has 0 unspecified atom stereocenters. The summed E-state index contributed by atoms with van der Waals surface area (Å²) < 4.78 is 0. The Balaban J connectivity index is 1.50. The van der Waals surface area contributed by atoms with Crippen LogP contribution in [0.2, 0.25) is 5.02 Å². The van der Waals surface area contributed by atoms with Crippen molar-refractivity contribution in [3.63, 3.8) is 0 Å². The summed E-state index contributed by atoms with van der Waals surface area (Å²) in [6.45, 7) is 3.62. The van der Waals surface area contributed by atoms with E-state index in [9.17, 15) is 14.4 Å². The molecule has 0 aromatic heterocycles. The Hall–Kier alpha value is -2.66. The third-order valence-electron chi connectivity index (χ3n) is 6.01. The fraction of sp³-hybridized carbons (Fsp3) is 0.375. The molecule has 2 aliphatic rings. The van der Waals surface area contributed by atoms with Crippen molar-refractivity contribution >= 4 is 34.9 Å². The van der Waals surface area contributed by atoms with Crippen molar-refractivity contribution < 1.29 is 14.4 Å². The Bertz CT molecular complexity index is 1000. The van der Waals surface area contributed by atoms with Gasteiger partial charge in [-0.25, -0.2) is 0 Å². The second kappa shape index (κ2) is 8.60. The minimum atomic E-state index is -0.217. The number of anilines is 1. The summed E-state index contributed by atoms with van der Waals surface area (Å²) in [4.78, 5) is 41.8. The van der Waals surface area contributed by atoms with E-state index in [0.717, 1.165) is 30.5 Å². The number of carbonyl (C=O) groups is 3. The lowest BCUT2D eigenvalue weighted by Gasteiger charge is -2.32. The molecule has 0 aliphatic carbocycles. The fourth-order valence-corrected chi connectivity index (χ4v) is 4.64. The van der Waals surface area contributed by atoms with Crippen LogP contribution >= 0.6 is 11.6 Å². The van der Waals surface area contributed by atoms with Crippen LogP contribution < -0.4 is 4.90 Å². The molecule has 2 saturated heterocycles. The molecule has 0 radical (unpaired) electrons. The Morgan fingerprint density at radius 1 is 1.07 bits per heavy atom. The maximum absolute atomic E-state index is 13.2. The first-order chi connectivity index (χ1) is 14.4. The number of hydrogen-bond donors (Lipinski definition) is 0. The Kier molecular flexibility index (Phi) is 5.91. The van der Waals surface area contributed by atoms with Gasteiger partial charge in [0.05, 0.1) is 0 Å². The summed E-state index contributed by atoms with van der Waals surface area (Å²) in [6.07, 6.45) is 2.96. The molecule has 0 saturated carbocycles. The third kappa shape index (κ3) is 4.12. The van der Waals surface area contributed by atoms with Crippen LogP contribution in [-0.2, 0) is 4.79 Å². The second-order valence-corrected chi connectivity index (χ2v) is 8.55. The lowest BCUT2D eigenvalue weighted by molar-refractivity contribution is -0.117. The highest BCUT2D eigenvalue weighted by molar-refractivity contribution is 6.30. The summed E-state index contributed by atoms with van der Waals surface area (Å²) in [5.74, 6) is -0.139. The SMILES string of the molecule is Cc1cc(Cl)ccc1C(=O)[C@@H]1CCCN(C(=O)c2cccc(N3CCCC3=O)c2)C1. The second-order valence-electron chi connectivity index (χ2n) is 8.11. The van der Waals surface area contributed by atoms with Gasteiger partial charge >= 0.3 is 0 Å². The van der Waals surface area contributed by atoms with Gasteiger partial charge < -0.3 is 9.80 Å². The Labute approximate surface area is 181 Å². The maximum atomic E-state index is 13.2. The van der Waals surface area contributed by atoms with Crippen molar-refractivity contribution in [2.24, 2.45) is 5.92 Å². The van der Waals surface area contributed by atoms with Gasteiger partial charge in [-0.15, -0.1) is 0 Å². The topological polar surface area (TPSA) is 57.7 Å². The molecule has 4 rings (SSSR count). The number of carbonyl (C=O) groups excluding carboxylic acids is 3. The first-order valence-electron chi connectivity index (χ1n) is 10.4. The van der Waals surface area contributed by atoms with E-state index < -0.39 is 0 Å². The lowest BCUT2D eigenvalue weighted by atomic mass is 9.88. The van der Waals surface area contributed by atoms with E-state index >= 15 is 0 Å². The van der Waals surface area contributed by atoms with E-state index in [0.29, 0.717) is 42.2 Å². The van der Waals surface area contributed by atoms with Crippen molar-refractivity contribution in [1.29, 1.82) is 0 Å². The Morgan fingerprint density at radius 2 is 1.90 bits per heavy atom. The average molecular weight is 425 g/mol. The monoisotopic (exact) mass is 424 g/mol. The van der Waals surface area contributed by atoms with Gasteiger partial charge in [0.15, 0.2) is 5.78 Å². The first kappa shape index (κ1) is 20.6. The summed E-state index contributed by atoms with van der Waals surface area (Å²) in [7, 11) is 0. The molecule has 2 amide bonds. The number of rotatable bonds is 4. The number of likely N-dealkylation sites (tertiary alicyclic amines) is 1. The van der Waals surface area contributed by atoms with Crippen LogP contribution in [0, 0.1) is 12.8 Å². The van der Waals surface area contributed by atoms with Gasteiger partial charge in [0.25, 0.3) is 5.91 Å². The number of aryl methyl sites for hydroxylation is 1. The van der Waals surface area contributed by atoms with E-state index in [1.54, 1.807) is 40.1 Å². The normalized spacial score (nSPS) is 19.3. The van der Waals surface area contributed by atoms with Crippen LogP contribution in [0.4, 0.5) is 5.69 Å². The fourth-order valence-electron chi connectivity index (χ4n) is 4.41. The molecule has 2 aromatic rings. The van der Waals surface area contributed by atoms with E-state index in [-0.39, 0.29) is 23.5 Å². The van der Waals surface area contributed by atoms with E-state index in [1.165, 1.54) is 0 Å². The van der Waals surface area contributed by atoms with Crippen LogP contribution in [0.5, 0.6) is 0 Å². The van der Waals surface area contributed by atoms with Crippen molar-refractivity contribution in [1.82, 2.24) is 4.90 Å². The predicted octanol–water partition coefficient (Wildman–Crippen LogP) is 4.51. The summed E-state index contributed by atoms with van der Waals surface area (Å²) in [5, 5.41) is 0.612. The molecule has 5 nitrogen and oxygen atoms in total. The molecule has 6 heteroatoms. The molecule has 0 N–H and O–H groups in total. The number of nitrogens with zero attached hydrogens (tertiary/aromatic N) is 2. The molecule has 2 aliphatic heterocycles. The van der Waals surface area contributed by atoms with Gasteiger partial charge in [-0.1, -0.05) is 17.7 Å². The molecular formula is C24H25ClN2O3. The molecular weight excluding hydrogens is 400 g/mol. The summed E-state index contributed by atoms with van der Waals surface area (Å²) in [5.41, 5.74) is 2.86. The molecule has 0 spiro atoms. The number of halogens is 1. The number of hydrogen-bond acceptors (Lipinski definition) is 3. The molecule has 2 aromatic carbocycles. The minimum absolute atomic E-state index is 0.0677. The summed E-state index contributed by atoms with van der Waals surface area (Å²) >= 11 is 6.02. The van der Waals surface area contributed by atoms with Crippen molar-refractivity contribution in [3.05, 3.63) is 64.2 Å². The van der Waals surface area contributed by atoms with Gasteiger partial charge in [-0.2, -0.15) is 0 Å². The van der Waals surface area contributed by atoms with Crippen LogP contribution in [0.1, 0.15) is 52.0 Å². The van der Waals surface area contributed by atoms with Crippen LogP contribution in [0.3, 0.4) is 0 Å². The van der Waals surface area contributed by atoms with Gasteiger partial charge in [-0.05, 0) is 68.1 Å². The molecule has 156 valence electrons. The van der Waals surface area contributed by atoms with Crippen LogP contribution in [0.25, 0.3) is 0 Å². The number of benzene rings is 2. The molecule has 0 bridgehead atoms. The molecule has 30 heavy (non-hydrogen) atoms. The minimum Gasteiger partial charge on any atom is -0.338 e. The van der Waals surface area contributed by atoms with Gasteiger partial charge in [0, 0.05) is 53.8 Å². The highest BCUT2D eigenvalue weighted by Crippen LogP contribution is 2.27. The molecule has 1 atom stereocenters. The standard InChI is InChI=1S/C24H25ClN2O3/c1-16-13-19(25)9-10-21(16)23(29)18-6-3-11-26(15-18)24(30)17-5-2-7-20(14-17)27-12-4-8-22(27)28/h2,5,7,9-10,13-14,18H,3-4,6,8,11-12,15H2,1H3/t18-/m1/s1. The van der Waals surface area contributed by atoms with Crippen LogP contribution in [-0.4, -0.2) is 42.1 Å². The molecule has 2 heterocycles. The predicted molar refractivity (Wildman–Crippen MR) is 117 cm³/mol. The van der Waals surface area contributed by atoms with Gasteiger partial charge in [0.1, 0.15) is 0 Å². The van der Waals surface area contributed by atoms with Crippen molar-refractivity contribution in [2.75, 3.05) is 24.5 Å². The number of piperidine rings is 1. The zero-order chi connectivity index (χ0) is 21.3. The van der Waals surface area contributed by atoms with Gasteiger partial charge in [-0.3, -0.25) is 14.4 Å². The highest BCUT2D eigenvalue weighted by atomic mass is 35.5. The molecule has 2 fully saturated rings. The van der Waals surface area contributed by atoms with E-state index in [4.69, 9.17) is 11.6 Å². The maximum Gasteiger partial charge on any atom is 0.253 e. The average Bonchev–Trinajstić information content (AvgIpc) is 3.19. The third-order valence-corrected chi connectivity index (χ3v) is 6.25. The smallest absolute Gasteiger partial charge is 0.253 e. The summed E-state index contributed by atoms with van der Waals surface area (Å²) in [6, 6.07) is 12.6. The van der Waals surface area contributed by atoms with Gasteiger partial charge in [0.2, 0.25) is 5.91 Å². The van der Waals surface area contributed by atoms with Crippen molar-refractivity contribution in [3.8, 4) is 0 Å². The number of amides is 2. The lowest BCUT2D eigenvalue weighted by Crippen LogP contribution is -2.42. The zero-order valence-electron chi connectivity index (χ0n) is 17.1. The number of ketones is 1. The zero-order valence-corrected chi connectivity index (χ0v) is 17.8. The Morgan fingerprint density at radius 3 is 2.63 bits per heavy atom. The van der Waals surface area contributed by atoms with E-state index in [2.05, 4.69) is 0 Å². The first-order valence-corrected chi connectivity index (χ1v) is 10.8. The highest BCUT2D eigenvalue weighted by Gasteiger charge is 2.30. The van der Waals surface area contributed by atoms with Crippen molar-refractivity contribution in [2.45, 2.75) is 32.6 Å². The van der Waals surface area contributed by atoms with Crippen LogP contribution in [0.15, 0.2) is 42.5 Å². The largest absolute Gasteiger partial charge is 0.338 e. The number of Topliss-reactive ketones (excluding diaryl/α,β-unsaturated/α-hetero) is 1.